The summed E-state index contributed by atoms with van der Waals surface area (Å²) in [5.41, 5.74) is 0.453. The summed E-state index contributed by atoms with van der Waals surface area (Å²) >= 11 is 0. The lowest BCUT2D eigenvalue weighted by Gasteiger charge is -2.20. The lowest BCUT2D eigenvalue weighted by atomic mass is 10.2. The summed E-state index contributed by atoms with van der Waals surface area (Å²) in [7, 11) is 0. The summed E-state index contributed by atoms with van der Waals surface area (Å²) in [6.45, 7) is 7.79. The maximum Gasteiger partial charge on any atom is 0.323 e. The molecular weight excluding hydrogens is 282 g/mol. The SMILES string of the molecule is C[C@H](NCCC(=O)OC(C)(C)C)C(=O)OCc1ccccc1. The topological polar surface area (TPSA) is 64.6 Å². The van der Waals surface area contributed by atoms with Crippen molar-refractivity contribution in [2.24, 2.45) is 0 Å². The number of carbonyl (C=O) groups excluding carboxylic acids is 2. The second-order valence-electron chi connectivity index (χ2n) is 6.11. The molecule has 5 nitrogen and oxygen atoms in total. The number of esters is 2. The van der Waals surface area contributed by atoms with Crippen LogP contribution in [0, 0.1) is 0 Å². The standard InChI is InChI=1S/C17H25NO4/c1-13(18-11-10-15(19)22-17(2,3)4)16(20)21-12-14-8-6-5-7-9-14/h5-9,13,18H,10-12H2,1-4H3/t13-/m0/s1. The Kier molecular flexibility index (Phi) is 7.05. The van der Waals surface area contributed by atoms with E-state index < -0.39 is 11.6 Å². The highest BCUT2D eigenvalue weighted by Gasteiger charge is 2.17. The van der Waals surface area contributed by atoms with Gasteiger partial charge in [0.25, 0.3) is 0 Å². The Morgan fingerprint density at radius 3 is 2.41 bits per heavy atom. The summed E-state index contributed by atoms with van der Waals surface area (Å²) in [5.74, 6) is -0.627. The van der Waals surface area contributed by atoms with Crippen LogP contribution >= 0.6 is 0 Å². The summed E-state index contributed by atoms with van der Waals surface area (Å²) in [6, 6.07) is 9.02. The van der Waals surface area contributed by atoms with Crippen molar-refractivity contribution in [3.05, 3.63) is 35.9 Å². The van der Waals surface area contributed by atoms with Crippen molar-refractivity contribution in [2.45, 2.75) is 52.4 Å². The molecule has 0 saturated carbocycles. The Hall–Kier alpha value is -1.88. The van der Waals surface area contributed by atoms with Crippen molar-refractivity contribution in [3.63, 3.8) is 0 Å². The number of hydrogen-bond donors (Lipinski definition) is 1. The monoisotopic (exact) mass is 307 g/mol. The van der Waals surface area contributed by atoms with Gasteiger partial charge in [-0.25, -0.2) is 0 Å². The molecule has 0 aromatic heterocycles. The van der Waals surface area contributed by atoms with Crippen LogP contribution in [0.5, 0.6) is 0 Å². The van der Waals surface area contributed by atoms with Crippen LogP contribution in [0.1, 0.15) is 39.7 Å². The minimum absolute atomic E-state index is 0.216. The molecule has 1 N–H and O–H groups in total. The molecule has 0 aliphatic heterocycles. The molecule has 0 amide bonds. The van der Waals surface area contributed by atoms with E-state index in [2.05, 4.69) is 5.32 Å². The maximum atomic E-state index is 11.8. The highest BCUT2D eigenvalue weighted by molar-refractivity contribution is 5.75. The van der Waals surface area contributed by atoms with Gasteiger partial charge < -0.3 is 14.8 Å². The first-order valence-corrected chi connectivity index (χ1v) is 7.44. The predicted molar refractivity (Wildman–Crippen MR) is 84.2 cm³/mol. The van der Waals surface area contributed by atoms with Crippen LogP contribution in [0.25, 0.3) is 0 Å². The molecule has 1 aromatic carbocycles. The highest BCUT2D eigenvalue weighted by atomic mass is 16.6. The number of hydrogen-bond acceptors (Lipinski definition) is 5. The van der Waals surface area contributed by atoms with E-state index in [-0.39, 0.29) is 25.0 Å². The first kappa shape index (κ1) is 18.2. The second kappa shape index (κ2) is 8.54. The summed E-state index contributed by atoms with van der Waals surface area (Å²) < 4.78 is 10.4. The average Bonchev–Trinajstić information content (AvgIpc) is 2.43. The lowest BCUT2D eigenvalue weighted by Crippen LogP contribution is -2.37. The van der Waals surface area contributed by atoms with Gasteiger partial charge in [-0.15, -0.1) is 0 Å². The zero-order chi connectivity index (χ0) is 16.6. The number of carbonyl (C=O) groups is 2. The quantitative estimate of drug-likeness (QED) is 0.784. The van der Waals surface area contributed by atoms with E-state index in [0.717, 1.165) is 5.56 Å². The molecule has 0 spiro atoms. The van der Waals surface area contributed by atoms with Gasteiger partial charge in [0.1, 0.15) is 18.2 Å². The van der Waals surface area contributed by atoms with Crippen molar-refractivity contribution < 1.29 is 19.1 Å². The van der Waals surface area contributed by atoms with Gasteiger partial charge in [0.2, 0.25) is 0 Å². The number of rotatable bonds is 7. The lowest BCUT2D eigenvalue weighted by molar-refractivity contribution is -0.155. The zero-order valence-corrected chi connectivity index (χ0v) is 13.7. The van der Waals surface area contributed by atoms with E-state index in [1.54, 1.807) is 6.92 Å². The summed E-state index contributed by atoms with van der Waals surface area (Å²) in [4.78, 5) is 23.4. The molecule has 5 heteroatoms. The third-order valence-corrected chi connectivity index (χ3v) is 2.78. The number of benzene rings is 1. The van der Waals surface area contributed by atoms with Gasteiger partial charge in [0.05, 0.1) is 6.42 Å². The molecule has 1 atom stereocenters. The Labute approximate surface area is 132 Å². The van der Waals surface area contributed by atoms with Crippen LogP contribution in [0.3, 0.4) is 0 Å². The molecule has 1 rings (SSSR count). The van der Waals surface area contributed by atoms with E-state index in [9.17, 15) is 9.59 Å². The molecule has 0 aliphatic carbocycles. The van der Waals surface area contributed by atoms with Gasteiger partial charge >= 0.3 is 11.9 Å². The maximum absolute atomic E-state index is 11.8. The van der Waals surface area contributed by atoms with Gasteiger partial charge in [-0.1, -0.05) is 30.3 Å². The van der Waals surface area contributed by atoms with Crippen LogP contribution in [0.2, 0.25) is 0 Å². The molecule has 22 heavy (non-hydrogen) atoms. The fourth-order valence-corrected chi connectivity index (χ4v) is 1.72. The molecular formula is C17H25NO4. The Bertz CT molecular complexity index is 479. The summed E-state index contributed by atoms with van der Waals surface area (Å²) in [5, 5.41) is 2.96. The van der Waals surface area contributed by atoms with Crippen LogP contribution in [0.4, 0.5) is 0 Å². The van der Waals surface area contributed by atoms with Gasteiger partial charge in [0.15, 0.2) is 0 Å². The van der Waals surface area contributed by atoms with Crippen molar-refractivity contribution in [1.82, 2.24) is 5.32 Å². The van der Waals surface area contributed by atoms with Gasteiger partial charge in [-0.05, 0) is 33.3 Å². The fraction of sp³-hybridized carbons (Fsp3) is 0.529. The van der Waals surface area contributed by atoms with Gasteiger partial charge in [0, 0.05) is 6.54 Å². The van der Waals surface area contributed by atoms with Gasteiger partial charge in [-0.3, -0.25) is 9.59 Å². The van der Waals surface area contributed by atoms with Gasteiger partial charge in [-0.2, -0.15) is 0 Å². The minimum Gasteiger partial charge on any atom is -0.460 e. The van der Waals surface area contributed by atoms with E-state index in [1.807, 2.05) is 51.1 Å². The van der Waals surface area contributed by atoms with Crippen molar-refractivity contribution in [3.8, 4) is 0 Å². The predicted octanol–water partition coefficient (Wildman–Crippen LogP) is 2.44. The Morgan fingerprint density at radius 2 is 1.82 bits per heavy atom. The van der Waals surface area contributed by atoms with E-state index in [1.165, 1.54) is 0 Å². The number of ether oxygens (including phenoxy) is 2. The molecule has 122 valence electrons. The van der Waals surface area contributed by atoms with E-state index in [0.29, 0.717) is 6.54 Å². The smallest absolute Gasteiger partial charge is 0.323 e. The third kappa shape index (κ3) is 7.78. The first-order valence-electron chi connectivity index (χ1n) is 7.44. The van der Waals surface area contributed by atoms with Crippen molar-refractivity contribution >= 4 is 11.9 Å². The van der Waals surface area contributed by atoms with Crippen LogP contribution < -0.4 is 5.32 Å². The van der Waals surface area contributed by atoms with Crippen molar-refractivity contribution in [2.75, 3.05) is 6.54 Å². The zero-order valence-electron chi connectivity index (χ0n) is 13.7. The first-order chi connectivity index (χ1) is 10.3. The molecule has 0 radical (unpaired) electrons. The van der Waals surface area contributed by atoms with Crippen molar-refractivity contribution in [1.29, 1.82) is 0 Å². The third-order valence-electron chi connectivity index (χ3n) is 2.78. The Morgan fingerprint density at radius 1 is 1.18 bits per heavy atom. The molecule has 0 bridgehead atoms. The molecule has 0 aliphatic rings. The largest absolute Gasteiger partial charge is 0.460 e. The minimum atomic E-state index is -0.489. The highest BCUT2D eigenvalue weighted by Crippen LogP contribution is 2.08. The van der Waals surface area contributed by atoms with Crippen LogP contribution in [-0.4, -0.2) is 30.1 Å². The van der Waals surface area contributed by atoms with Crippen LogP contribution in [0.15, 0.2) is 30.3 Å². The van der Waals surface area contributed by atoms with E-state index >= 15 is 0 Å². The molecule has 0 heterocycles. The molecule has 1 aromatic rings. The fourth-order valence-electron chi connectivity index (χ4n) is 1.72. The Balaban J connectivity index is 2.23. The summed E-state index contributed by atoms with van der Waals surface area (Å²) in [6.07, 6.45) is 0.216. The van der Waals surface area contributed by atoms with Crippen LogP contribution in [-0.2, 0) is 25.7 Å². The average molecular weight is 307 g/mol. The molecule has 0 saturated heterocycles. The number of nitrogens with one attached hydrogen (secondary N) is 1. The normalized spacial score (nSPS) is 12.5. The van der Waals surface area contributed by atoms with E-state index in [4.69, 9.17) is 9.47 Å². The second-order valence-corrected chi connectivity index (χ2v) is 6.11. The molecule has 0 unspecified atom stereocenters. The molecule has 0 fully saturated rings.